The number of ether oxygens (including phenoxy) is 2. The van der Waals surface area contributed by atoms with Crippen LogP contribution in [0.4, 0.5) is 20.6 Å². The minimum Gasteiger partial charge on any atom is -0.627 e. The Bertz CT molecular complexity index is 812. The Kier molecular flexibility index (Phi) is 6.88. The molecule has 2 amide bonds. The highest BCUT2D eigenvalue weighted by Crippen LogP contribution is 2.30. The molecule has 2 aliphatic heterocycles. The van der Waals surface area contributed by atoms with Gasteiger partial charge in [0.15, 0.2) is 6.10 Å². The van der Waals surface area contributed by atoms with Crippen LogP contribution in [0.15, 0.2) is 18.2 Å². The molecule has 0 aromatic heterocycles. The number of nitrogens with one attached hydrogen (secondary N) is 1. The number of cyclic esters (lactones) is 1. The molecule has 1 aromatic rings. The van der Waals surface area contributed by atoms with E-state index in [2.05, 4.69) is 0 Å². The van der Waals surface area contributed by atoms with Gasteiger partial charge in [-0.25, -0.2) is 14.0 Å². The van der Waals surface area contributed by atoms with E-state index in [1.165, 1.54) is 17.9 Å². The van der Waals surface area contributed by atoms with Crippen LogP contribution in [0.5, 0.6) is 0 Å². The third-order valence-electron chi connectivity index (χ3n) is 5.38. The molecule has 2 heterocycles. The normalized spacial score (nSPS) is 20.8. The van der Waals surface area contributed by atoms with Gasteiger partial charge in [-0.15, -0.1) is 0 Å². The maximum Gasteiger partial charge on any atom is 0.414 e. The monoisotopic (exact) mass is 423 g/mol. The number of hydrogen-bond donors (Lipinski definition) is 1. The van der Waals surface area contributed by atoms with E-state index in [0.29, 0.717) is 43.9 Å². The number of halogens is 1. The van der Waals surface area contributed by atoms with Crippen LogP contribution in [0.1, 0.15) is 26.7 Å². The van der Waals surface area contributed by atoms with Gasteiger partial charge in [0.1, 0.15) is 12.4 Å². The van der Waals surface area contributed by atoms with E-state index in [0.717, 1.165) is 0 Å². The number of hydroxylamine groups is 2. The fourth-order valence-corrected chi connectivity index (χ4v) is 3.73. The summed E-state index contributed by atoms with van der Waals surface area (Å²) in [7, 11) is 0. The van der Waals surface area contributed by atoms with Gasteiger partial charge in [0.2, 0.25) is 0 Å². The molecule has 10 heteroatoms. The Morgan fingerprint density at radius 2 is 2.03 bits per heavy atom. The molecule has 1 N–H and O–H groups in total. The van der Waals surface area contributed by atoms with Crippen LogP contribution in [0.3, 0.4) is 0 Å². The summed E-state index contributed by atoms with van der Waals surface area (Å²) in [6.07, 6.45) is -0.244. The lowest BCUT2D eigenvalue weighted by atomic mass is 9.96. The van der Waals surface area contributed by atoms with Crippen molar-refractivity contribution in [3.05, 3.63) is 29.2 Å². The third kappa shape index (κ3) is 4.88. The first-order valence-corrected chi connectivity index (χ1v) is 10.0. The average molecular weight is 423 g/mol. The molecule has 30 heavy (non-hydrogen) atoms. The zero-order valence-electron chi connectivity index (χ0n) is 17.1. The zero-order chi connectivity index (χ0) is 21.8. The predicted octanol–water partition coefficient (Wildman–Crippen LogP) is 0.860. The van der Waals surface area contributed by atoms with Crippen LogP contribution in [-0.2, 0) is 19.1 Å². The van der Waals surface area contributed by atoms with Crippen molar-refractivity contribution in [2.75, 3.05) is 42.6 Å². The summed E-state index contributed by atoms with van der Waals surface area (Å²) in [5.41, 5.74) is 0.720. The molecule has 0 aliphatic carbocycles. The second-order valence-corrected chi connectivity index (χ2v) is 7.45. The molecule has 2 aliphatic rings. The molecule has 164 valence electrons. The van der Waals surface area contributed by atoms with Crippen LogP contribution >= 0.6 is 0 Å². The fraction of sp³-hybridized carbons (Fsp3) is 0.550. The van der Waals surface area contributed by atoms with Gasteiger partial charge in [-0.05, 0) is 38.0 Å². The molecular formula is C20H26FN3O6. The summed E-state index contributed by atoms with van der Waals surface area (Å²) in [6.45, 7) is 4.22. The first kappa shape index (κ1) is 22.0. The van der Waals surface area contributed by atoms with Gasteiger partial charge < -0.3 is 24.6 Å². The van der Waals surface area contributed by atoms with Crippen molar-refractivity contribution in [1.82, 2.24) is 0 Å². The molecule has 2 atom stereocenters. The molecule has 1 aromatic carbocycles. The van der Waals surface area contributed by atoms with Crippen molar-refractivity contribution in [2.45, 2.75) is 32.8 Å². The number of carbonyl (C=O) groups excluding carboxylic acids is 3. The van der Waals surface area contributed by atoms with Gasteiger partial charge in [0.25, 0.3) is 0 Å². The molecule has 0 radical (unpaired) electrons. The highest BCUT2D eigenvalue weighted by Gasteiger charge is 2.35. The van der Waals surface area contributed by atoms with Crippen molar-refractivity contribution < 1.29 is 33.3 Å². The first-order valence-electron chi connectivity index (χ1n) is 10.0. The SMILES string of the molecule is CCOC(=O)C1CCN(c2ccc(N3C[C@H](C[NH+]([O-])C(C)=O)OC3=O)cc2F)CC1. The summed E-state index contributed by atoms with van der Waals surface area (Å²) < 4.78 is 25.0. The Morgan fingerprint density at radius 1 is 1.33 bits per heavy atom. The molecule has 0 saturated carbocycles. The average Bonchev–Trinajstić information content (AvgIpc) is 3.08. The number of nitrogens with zero attached hydrogens (tertiary/aromatic N) is 2. The van der Waals surface area contributed by atoms with E-state index >= 15 is 0 Å². The van der Waals surface area contributed by atoms with Crippen LogP contribution in [-0.4, -0.2) is 56.9 Å². The van der Waals surface area contributed by atoms with E-state index in [9.17, 15) is 24.0 Å². The first-order chi connectivity index (χ1) is 14.3. The summed E-state index contributed by atoms with van der Waals surface area (Å²) in [4.78, 5) is 38.2. The van der Waals surface area contributed by atoms with Gasteiger partial charge in [0.05, 0.1) is 37.4 Å². The Balaban J connectivity index is 1.63. The van der Waals surface area contributed by atoms with Gasteiger partial charge in [-0.1, -0.05) is 0 Å². The topological polar surface area (TPSA) is 104 Å². The molecule has 3 rings (SSSR count). The largest absolute Gasteiger partial charge is 0.627 e. The Morgan fingerprint density at radius 3 is 2.63 bits per heavy atom. The number of rotatable bonds is 6. The number of anilines is 2. The number of quaternary nitrogens is 1. The maximum atomic E-state index is 14.8. The van der Waals surface area contributed by atoms with E-state index in [-0.39, 0.29) is 25.0 Å². The Hall–Kier alpha value is -2.72. The quantitative estimate of drug-likeness (QED) is 0.535. The number of amides is 2. The van der Waals surface area contributed by atoms with E-state index in [1.807, 2.05) is 4.90 Å². The molecular weight excluding hydrogens is 397 g/mol. The van der Waals surface area contributed by atoms with Crippen LogP contribution in [0, 0.1) is 16.9 Å². The second-order valence-electron chi connectivity index (χ2n) is 7.45. The number of piperidine rings is 1. The second kappa shape index (κ2) is 9.40. The molecule has 9 nitrogen and oxygen atoms in total. The molecule has 1 unspecified atom stereocenters. The summed E-state index contributed by atoms with van der Waals surface area (Å²) in [5.74, 6) is -1.46. The van der Waals surface area contributed by atoms with Crippen molar-refractivity contribution >= 4 is 29.3 Å². The lowest BCUT2D eigenvalue weighted by molar-refractivity contribution is -0.768. The standard InChI is InChI=1S/C20H26FN3O6/c1-3-29-19(26)14-6-8-22(9-7-14)18-5-4-15(10-17(18)21)23-11-16(30-20(23)27)12-24(28)13(2)25/h4-5,10,14,16,24H,3,6-9,11-12H2,1-2H3/t16-/m1/s1. The summed E-state index contributed by atoms with van der Waals surface area (Å²) in [5, 5.41) is 11.0. The minimum atomic E-state index is -0.737. The highest BCUT2D eigenvalue weighted by molar-refractivity contribution is 5.90. The smallest absolute Gasteiger partial charge is 0.414 e. The Labute approximate surface area is 173 Å². The lowest BCUT2D eigenvalue weighted by Gasteiger charge is -2.33. The predicted molar refractivity (Wildman–Crippen MR) is 105 cm³/mol. The van der Waals surface area contributed by atoms with Crippen molar-refractivity contribution in [1.29, 1.82) is 0 Å². The van der Waals surface area contributed by atoms with E-state index in [1.54, 1.807) is 19.1 Å². The number of carbonyl (C=O) groups is 3. The third-order valence-corrected chi connectivity index (χ3v) is 5.38. The lowest BCUT2D eigenvalue weighted by Crippen LogP contribution is -3.10. The minimum absolute atomic E-state index is 0.0710. The van der Waals surface area contributed by atoms with E-state index in [4.69, 9.17) is 9.47 Å². The van der Waals surface area contributed by atoms with Gasteiger partial charge in [-0.3, -0.25) is 9.69 Å². The van der Waals surface area contributed by atoms with Crippen molar-refractivity contribution in [2.24, 2.45) is 5.92 Å². The van der Waals surface area contributed by atoms with Gasteiger partial charge >= 0.3 is 18.0 Å². The number of esters is 1. The van der Waals surface area contributed by atoms with Crippen LogP contribution in [0.25, 0.3) is 0 Å². The molecule has 0 bridgehead atoms. The summed E-state index contributed by atoms with van der Waals surface area (Å²) in [6, 6.07) is 4.46. The molecule has 0 spiro atoms. The van der Waals surface area contributed by atoms with Crippen LogP contribution < -0.4 is 14.9 Å². The fourth-order valence-electron chi connectivity index (χ4n) is 3.73. The number of hydrogen-bond acceptors (Lipinski definition) is 7. The summed E-state index contributed by atoms with van der Waals surface area (Å²) >= 11 is 0. The van der Waals surface area contributed by atoms with Crippen LogP contribution in [0.2, 0.25) is 0 Å². The maximum absolute atomic E-state index is 14.8. The van der Waals surface area contributed by atoms with Gasteiger partial charge in [0, 0.05) is 13.1 Å². The van der Waals surface area contributed by atoms with E-state index < -0.39 is 29.0 Å². The van der Waals surface area contributed by atoms with Gasteiger partial charge in [-0.2, -0.15) is 0 Å². The highest BCUT2D eigenvalue weighted by atomic mass is 19.1. The molecule has 2 fully saturated rings. The zero-order valence-corrected chi connectivity index (χ0v) is 17.1. The van der Waals surface area contributed by atoms with Crippen molar-refractivity contribution in [3.8, 4) is 0 Å². The van der Waals surface area contributed by atoms with Crippen molar-refractivity contribution in [3.63, 3.8) is 0 Å². The molecule has 2 saturated heterocycles. The number of benzene rings is 1.